The number of nitrogens with zero attached hydrogens (tertiary/aromatic N) is 1. The molecule has 0 N–H and O–H groups in total. The number of unbranched alkanes of at least 4 members (excludes halogenated alkanes) is 3. The zero-order valence-corrected chi connectivity index (χ0v) is 17.7. The van der Waals surface area contributed by atoms with E-state index < -0.39 is 0 Å². The van der Waals surface area contributed by atoms with Crippen molar-refractivity contribution in [3.8, 4) is 0 Å². The van der Waals surface area contributed by atoms with E-state index in [1.807, 2.05) is 0 Å². The lowest BCUT2D eigenvalue weighted by Gasteiger charge is -2.28. The SMILES string of the molecule is Br.CCCCCCN(OCc1ccccc1)C(CC)=C(CC)CC. The Balaban J connectivity index is 0.00000529. The molecular formula is C21H36BrNO. The molecule has 1 aromatic rings. The van der Waals surface area contributed by atoms with Crippen molar-refractivity contribution in [1.29, 1.82) is 0 Å². The van der Waals surface area contributed by atoms with Crippen molar-refractivity contribution in [3.05, 3.63) is 47.2 Å². The fourth-order valence-corrected chi connectivity index (χ4v) is 2.95. The van der Waals surface area contributed by atoms with E-state index in [-0.39, 0.29) is 17.0 Å². The lowest BCUT2D eigenvalue weighted by molar-refractivity contribution is -0.146. The Hall–Kier alpha value is -0.800. The summed E-state index contributed by atoms with van der Waals surface area (Å²) in [5.74, 6) is 0. The lowest BCUT2D eigenvalue weighted by Crippen LogP contribution is -2.26. The van der Waals surface area contributed by atoms with Crippen LogP contribution in [0.2, 0.25) is 0 Å². The average Bonchev–Trinajstić information content (AvgIpc) is 2.60. The van der Waals surface area contributed by atoms with Crippen LogP contribution in [-0.4, -0.2) is 11.6 Å². The molecule has 1 rings (SSSR count). The molecule has 0 fully saturated rings. The molecule has 0 spiro atoms. The van der Waals surface area contributed by atoms with E-state index >= 15 is 0 Å². The van der Waals surface area contributed by atoms with E-state index in [9.17, 15) is 0 Å². The molecule has 2 nitrogen and oxygen atoms in total. The molecule has 0 aliphatic carbocycles. The second-order valence-corrected chi connectivity index (χ2v) is 6.03. The van der Waals surface area contributed by atoms with Gasteiger partial charge in [-0.3, -0.25) is 9.90 Å². The Labute approximate surface area is 160 Å². The summed E-state index contributed by atoms with van der Waals surface area (Å²) in [5, 5.41) is 2.19. The maximum atomic E-state index is 6.22. The van der Waals surface area contributed by atoms with Gasteiger partial charge in [0.2, 0.25) is 0 Å². The third kappa shape index (κ3) is 8.34. The predicted octanol–water partition coefficient (Wildman–Crippen LogP) is 7.06. The van der Waals surface area contributed by atoms with Gasteiger partial charge in [-0.25, -0.2) is 0 Å². The first-order valence-corrected chi connectivity index (χ1v) is 9.41. The molecule has 0 aliphatic heterocycles. The first-order valence-electron chi connectivity index (χ1n) is 9.41. The minimum absolute atomic E-state index is 0. The first kappa shape index (κ1) is 23.2. The van der Waals surface area contributed by atoms with Crippen molar-refractivity contribution in [2.24, 2.45) is 0 Å². The van der Waals surface area contributed by atoms with Crippen molar-refractivity contribution >= 4 is 17.0 Å². The highest BCUT2D eigenvalue weighted by Crippen LogP contribution is 2.22. The topological polar surface area (TPSA) is 12.5 Å². The van der Waals surface area contributed by atoms with Gasteiger partial charge >= 0.3 is 0 Å². The number of allylic oxidation sites excluding steroid dienone is 2. The van der Waals surface area contributed by atoms with Crippen LogP contribution < -0.4 is 0 Å². The van der Waals surface area contributed by atoms with Crippen molar-refractivity contribution < 1.29 is 4.84 Å². The van der Waals surface area contributed by atoms with Crippen LogP contribution in [0.3, 0.4) is 0 Å². The monoisotopic (exact) mass is 397 g/mol. The van der Waals surface area contributed by atoms with Gasteiger partial charge in [-0.15, -0.1) is 17.0 Å². The largest absolute Gasteiger partial charge is 0.269 e. The number of halogens is 1. The quantitative estimate of drug-likeness (QED) is 0.276. The van der Waals surface area contributed by atoms with Gasteiger partial charge in [-0.05, 0) is 36.8 Å². The van der Waals surface area contributed by atoms with Crippen LogP contribution >= 0.6 is 17.0 Å². The van der Waals surface area contributed by atoms with Gasteiger partial charge in [-0.2, -0.15) is 0 Å². The van der Waals surface area contributed by atoms with Crippen LogP contribution in [0, 0.1) is 0 Å². The Morgan fingerprint density at radius 1 is 0.875 bits per heavy atom. The van der Waals surface area contributed by atoms with Crippen LogP contribution in [0.4, 0.5) is 0 Å². The molecule has 1 aromatic carbocycles. The van der Waals surface area contributed by atoms with Crippen LogP contribution in [0.25, 0.3) is 0 Å². The molecule has 138 valence electrons. The fourth-order valence-electron chi connectivity index (χ4n) is 2.95. The van der Waals surface area contributed by atoms with Crippen LogP contribution in [0.15, 0.2) is 41.6 Å². The smallest absolute Gasteiger partial charge is 0.0999 e. The summed E-state index contributed by atoms with van der Waals surface area (Å²) in [4.78, 5) is 6.22. The molecule has 0 bridgehead atoms. The van der Waals surface area contributed by atoms with E-state index in [0.717, 1.165) is 25.8 Å². The Bertz CT molecular complexity index is 438. The summed E-state index contributed by atoms with van der Waals surface area (Å²) in [6, 6.07) is 10.5. The molecule has 0 atom stereocenters. The Kier molecular flexibility index (Phi) is 14.1. The standard InChI is InChI=1S/C21H35NO.BrH/c1-5-9-10-14-17-22(21(8-4)20(6-2)7-3)23-18-19-15-12-11-13-16-19;/h11-13,15-16H,5-10,14,17-18H2,1-4H3;1H. The molecule has 24 heavy (non-hydrogen) atoms. The van der Waals surface area contributed by atoms with Crippen molar-refractivity contribution in [1.82, 2.24) is 5.06 Å². The third-order valence-electron chi connectivity index (χ3n) is 4.34. The van der Waals surface area contributed by atoms with E-state index in [1.54, 1.807) is 0 Å². The summed E-state index contributed by atoms with van der Waals surface area (Å²) in [6.07, 6.45) is 8.33. The molecule has 0 aliphatic rings. The van der Waals surface area contributed by atoms with Gasteiger partial charge in [0.15, 0.2) is 0 Å². The maximum absolute atomic E-state index is 6.22. The van der Waals surface area contributed by atoms with Crippen molar-refractivity contribution in [3.63, 3.8) is 0 Å². The van der Waals surface area contributed by atoms with E-state index in [2.05, 4.69) is 63.1 Å². The summed E-state index contributed by atoms with van der Waals surface area (Å²) >= 11 is 0. The van der Waals surface area contributed by atoms with E-state index in [0.29, 0.717) is 6.61 Å². The van der Waals surface area contributed by atoms with Crippen LogP contribution in [-0.2, 0) is 11.4 Å². The molecular weight excluding hydrogens is 362 g/mol. The zero-order chi connectivity index (χ0) is 16.9. The highest BCUT2D eigenvalue weighted by Gasteiger charge is 2.13. The summed E-state index contributed by atoms with van der Waals surface area (Å²) in [5.41, 5.74) is 4.15. The number of hydroxylamine groups is 2. The number of rotatable bonds is 12. The minimum Gasteiger partial charge on any atom is -0.269 e. The van der Waals surface area contributed by atoms with E-state index in [1.165, 1.54) is 42.5 Å². The Morgan fingerprint density at radius 3 is 2.08 bits per heavy atom. The highest BCUT2D eigenvalue weighted by molar-refractivity contribution is 8.93. The predicted molar refractivity (Wildman–Crippen MR) is 110 cm³/mol. The number of hydrogen-bond donors (Lipinski definition) is 0. The highest BCUT2D eigenvalue weighted by atomic mass is 79.9. The van der Waals surface area contributed by atoms with Crippen molar-refractivity contribution in [2.45, 2.75) is 79.2 Å². The van der Waals surface area contributed by atoms with Gasteiger partial charge in [-0.1, -0.05) is 77.3 Å². The molecule has 0 aromatic heterocycles. The lowest BCUT2D eigenvalue weighted by atomic mass is 10.1. The summed E-state index contributed by atoms with van der Waals surface area (Å²) in [7, 11) is 0. The van der Waals surface area contributed by atoms with Gasteiger partial charge in [0.05, 0.1) is 6.61 Å². The molecule has 0 radical (unpaired) electrons. The average molecular weight is 398 g/mol. The van der Waals surface area contributed by atoms with Crippen molar-refractivity contribution in [2.75, 3.05) is 6.54 Å². The first-order chi connectivity index (χ1) is 11.3. The minimum atomic E-state index is 0. The zero-order valence-electron chi connectivity index (χ0n) is 16.0. The fraction of sp³-hybridized carbons (Fsp3) is 0.619. The second kappa shape index (κ2) is 14.5. The Morgan fingerprint density at radius 2 is 1.54 bits per heavy atom. The number of hydrogen-bond acceptors (Lipinski definition) is 2. The molecule has 0 heterocycles. The third-order valence-corrected chi connectivity index (χ3v) is 4.34. The van der Waals surface area contributed by atoms with Gasteiger partial charge < -0.3 is 0 Å². The van der Waals surface area contributed by atoms with Crippen LogP contribution in [0.1, 0.15) is 78.2 Å². The summed E-state index contributed by atoms with van der Waals surface area (Å²) in [6.45, 7) is 10.7. The normalized spacial score (nSPS) is 10.2. The van der Waals surface area contributed by atoms with Gasteiger partial charge in [0.1, 0.15) is 0 Å². The molecule has 0 unspecified atom stereocenters. The van der Waals surface area contributed by atoms with Crippen LogP contribution in [0.5, 0.6) is 0 Å². The maximum Gasteiger partial charge on any atom is 0.0999 e. The number of benzene rings is 1. The van der Waals surface area contributed by atoms with Gasteiger partial charge in [0, 0.05) is 12.2 Å². The second-order valence-electron chi connectivity index (χ2n) is 6.03. The summed E-state index contributed by atoms with van der Waals surface area (Å²) < 4.78 is 0. The molecule has 0 amide bonds. The van der Waals surface area contributed by atoms with E-state index in [4.69, 9.17) is 4.84 Å². The molecule has 0 saturated heterocycles. The van der Waals surface area contributed by atoms with Gasteiger partial charge in [0.25, 0.3) is 0 Å². The molecule has 0 saturated carbocycles. The molecule has 3 heteroatoms.